The first-order chi connectivity index (χ1) is 12.0. The van der Waals surface area contributed by atoms with Crippen molar-refractivity contribution < 1.29 is 18.7 Å². The third kappa shape index (κ3) is 5.80. The summed E-state index contributed by atoms with van der Waals surface area (Å²) < 4.78 is 24.2. The number of para-hydroxylation sites is 2. The van der Waals surface area contributed by atoms with Crippen molar-refractivity contribution >= 4 is 34.8 Å². The van der Waals surface area contributed by atoms with Crippen molar-refractivity contribution in [2.45, 2.75) is 19.8 Å². The van der Waals surface area contributed by atoms with Crippen molar-refractivity contribution in [3.63, 3.8) is 0 Å². The van der Waals surface area contributed by atoms with Gasteiger partial charge in [0.05, 0.1) is 28.9 Å². The van der Waals surface area contributed by atoms with Crippen molar-refractivity contribution in [3.05, 3.63) is 52.3 Å². The van der Waals surface area contributed by atoms with Gasteiger partial charge in [-0.05, 0) is 37.6 Å². The summed E-state index contributed by atoms with van der Waals surface area (Å²) in [5.41, 5.74) is 0.206. The molecule has 0 fully saturated rings. The average Bonchev–Trinajstić information content (AvgIpc) is 2.56. The number of amides is 1. The van der Waals surface area contributed by atoms with Gasteiger partial charge in [0.25, 0.3) is 0 Å². The van der Waals surface area contributed by atoms with Gasteiger partial charge in [-0.1, -0.05) is 35.3 Å². The van der Waals surface area contributed by atoms with E-state index >= 15 is 0 Å². The van der Waals surface area contributed by atoms with Crippen molar-refractivity contribution in [1.29, 1.82) is 0 Å². The van der Waals surface area contributed by atoms with E-state index < -0.39 is 5.82 Å². The number of benzene rings is 2. The van der Waals surface area contributed by atoms with Crippen molar-refractivity contribution in [1.82, 2.24) is 0 Å². The van der Waals surface area contributed by atoms with Crippen LogP contribution in [0.3, 0.4) is 0 Å². The van der Waals surface area contributed by atoms with Crippen LogP contribution in [0.4, 0.5) is 10.1 Å². The van der Waals surface area contributed by atoms with Gasteiger partial charge in [-0.15, -0.1) is 0 Å². The van der Waals surface area contributed by atoms with Gasteiger partial charge >= 0.3 is 0 Å². The smallest absolute Gasteiger partial charge is 0.224 e. The van der Waals surface area contributed by atoms with Gasteiger partial charge in [-0.2, -0.15) is 0 Å². The van der Waals surface area contributed by atoms with Crippen LogP contribution in [0.25, 0.3) is 0 Å². The fourth-order valence-corrected chi connectivity index (χ4v) is 2.68. The Morgan fingerprint density at radius 2 is 1.72 bits per heavy atom. The normalized spacial score (nSPS) is 10.4. The Morgan fingerprint density at radius 3 is 2.32 bits per heavy atom. The van der Waals surface area contributed by atoms with E-state index in [0.29, 0.717) is 31.1 Å². The van der Waals surface area contributed by atoms with Crippen LogP contribution in [0.15, 0.2) is 36.4 Å². The molecular weight excluding hydrogens is 368 g/mol. The first-order valence-electron chi connectivity index (χ1n) is 7.80. The predicted octanol–water partition coefficient (Wildman–Crippen LogP) is 5.33. The second-order valence-electron chi connectivity index (χ2n) is 5.12. The molecule has 0 aliphatic rings. The third-order valence-electron chi connectivity index (χ3n) is 3.23. The molecule has 0 spiro atoms. The molecule has 4 nitrogen and oxygen atoms in total. The maximum Gasteiger partial charge on any atom is 0.224 e. The van der Waals surface area contributed by atoms with Crippen LogP contribution in [0, 0.1) is 5.82 Å². The maximum atomic E-state index is 13.1. The fourth-order valence-electron chi connectivity index (χ4n) is 2.12. The Bertz CT molecular complexity index is 717. The van der Waals surface area contributed by atoms with Gasteiger partial charge in [-0.3, -0.25) is 4.79 Å². The van der Waals surface area contributed by atoms with Crippen LogP contribution in [0.1, 0.15) is 19.8 Å². The third-order valence-corrected chi connectivity index (χ3v) is 3.82. The topological polar surface area (TPSA) is 47.6 Å². The number of ether oxygens (including phenoxy) is 2. The summed E-state index contributed by atoms with van der Waals surface area (Å²) in [6.07, 6.45) is 0.698. The lowest BCUT2D eigenvalue weighted by Gasteiger charge is -2.12. The van der Waals surface area contributed by atoms with E-state index in [9.17, 15) is 9.18 Å². The van der Waals surface area contributed by atoms with Gasteiger partial charge in [0, 0.05) is 6.42 Å². The molecule has 2 rings (SSSR count). The zero-order valence-electron chi connectivity index (χ0n) is 13.7. The molecule has 0 unspecified atom stereocenters. The van der Waals surface area contributed by atoms with Gasteiger partial charge in [0.1, 0.15) is 5.82 Å². The predicted molar refractivity (Wildman–Crippen MR) is 97.4 cm³/mol. The van der Waals surface area contributed by atoms with Crippen LogP contribution < -0.4 is 14.8 Å². The van der Waals surface area contributed by atoms with Gasteiger partial charge < -0.3 is 14.8 Å². The number of nitrogens with one attached hydrogen (secondary N) is 1. The summed E-state index contributed by atoms with van der Waals surface area (Å²) in [6.45, 7) is 2.79. The molecule has 0 atom stereocenters. The lowest BCUT2D eigenvalue weighted by atomic mass is 10.2. The fraction of sp³-hybridized carbons (Fsp3) is 0.278. The van der Waals surface area contributed by atoms with Crippen molar-refractivity contribution in [2.24, 2.45) is 0 Å². The van der Waals surface area contributed by atoms with E-state index in [2.05, 4.69) is 5.32 Å². The minimum atomic E-state index is -0.561. The molecule has 0 aliphatic heterocycles. The van der Waals surface area contributed by atoms with Gasteiger partial charge in [-0.25, -0.2) is 4.39 Å². The molecular formula is C18H18Cl2FNO3. The zero-order valence-corrected chi connectivity index (χ0v) is 15.2. The molecule has 0 heterocycles. The Balaban J connectivity index is 1.82. The molecule has 134 valence electrons. The Labute approximate surface area is 155 Å². The summed E-state index contributed by atoms with van der Waals surface area (Å²) in [6, 6.07) is 9.53. The van der Waals surface area contributed by atoms with Crippen LogP contribution in [0.2, 0.25) is 10.0 Å². The molecule has 0 aromatic heterocycles. The van der Waals surface area contributed by atoms with Crippen molar-refractivity contribution in [2.75, 3.05) is 18.5 Å². The number of anilines is 1. The molecule has 0 saturated heterocycles. The number of carbonyl (C=O) groups is 1. The molecule has 25 heavy (non-hydrogen) atoms. The minimum Gasteiger partial charge on any atom is -0.490 e. The number of hydrogen-bond donors (Lipinski definition) is 1. The molecule has 7 heteroatoms. The summed E-state index contributed by atoms with van der Waals surface area (Å²) >= 11 is 11.8. The molecule has 2 aromatic carbocycles. The molecule has 2 aromatic rings. The van der Waals surface area contributed by atoms with E-state index in [1.54, 1.807) is 0 Å². The van der Waals surface area contributed by atoms with Crippen LogP contribution in [-0.2, 0) is 4.79 Å². The van der Waals surface area contributed by atoms with E-state index in [4.69, 9.17) is 32.7 Å². The lowest BCUT2D eigenvalue weighted by Crippen LogP contribution is -2.13. The highest BCUT2D eigenvalue weighted by Crippen LogP contribution is 2.31. The summed E-state index contributed by atoms with van der Waals surface area (Å²) in [7, 11) is 0. The second-order valence-corrected chi connectivity index (χ2v) is 5.94. The molecule has 1 N–H and O–H groups in total. The monoisotopic (exact) mass is 385 g/mol. The number of carbonyl (C=O) groups excluding carboxylic acids is 1. The molecule has 0 saturated carbocycles. The maximum absolute atomic E-state index is 13.1. The second kappa shape index (κ2) is 9.49. The van der Waals surface area contributed by atoms with E-state index in [1.807, 2.05) is 31.2 Å². The highest BCUT2D eigenvalue weighted by atomic mass is 35.5. The van der Waals surface area contributed by atoms with E-state index in [1.165, 1.54) is 0 Å². The minimum absolute atomic E-state index is 0.0558. The highest BCUT2D eigenvalue weighted by molar-refractivity contribution is 6.39. The van der Waals surface area contributed by atoms with Crippen LogP contribution in [-0.4, -0.2) is 19.1 Å². The Kier molecular flexibility index (Phi) is 7.34. The van der Waals surface area contributed by atoms with Crippen LogP contribution in [0.5, 0.6) is 11.5 Å². The molecule has 1 amide bonds. The summed E-state index contributed by atoms with van der Waals surface area (Å²) in [5.74, 6) is 0.458. The Morgan fingerprint density at radius 1 is 1.12 bits per heavy atom. The van der Waals surface area contributed by atoms with E-state index in [-0.39, 0.29) is 28.1 Å². The van der Waals surface area contributed by atoms with E-state index in [0.717, 1.165) is 12.1 Å². The zero-order chi connectivity index (χ0) is 18.2. The quantitative estimate of drug-likeness (QED) is 0.624. The number of hydrogen-bond acceptors (Lipinski definition) is 3. The van der Waals surface area contributed by atoms with Crippen molar-refractivity contribution in [3.8, 4) is 11.5 Å². The average molecular weight is 386 g/mol. The summed E-state index contributed by atoms with van der Waals surface area (Å²) in [5, 5.41) is 2.70. The van der Waals surface area contributed by atoms with Gasteiger partial charge in [0.15, 0.2) is 11.5 Å². The first-order valence-corrected chi connectivity index (χ1v) is 8.56. The van der Waals surface area contributed by atoms with Crippen LogP contribution >= 0.6 is 23.2 Å². The first kappa shape index (κ1) is 19.3. The van der Waals surface area contributed by atoms with Gasteiger partial charge in [0.2, 0.25) is 5.91 Å². The SMILES string of the molecule is CCOc1ccccc1OCCCC(=O)Nc1c(Cl)cc(F)cc1Cl. The molecule has 0 radical (unpaired) electrons. The Hall–Kier alpha value is -1.98. The molecule has 0 aliphatic carbocycles. The number of rotatable bonds is 8. The largest absolute Gasteiger partial charge is 0.490 e. The lowest BCUT2D eigenvalue weighted by molar-refractivity contribution is -0.116. The number of halogens is 3. The summed E-state index contributed by atoms with van der Waals surface area (Å²) in [4.78, 5) is 12.0. The standard InChI is InChI=1S/C18H18Cl2FNO3/c1-2-24-15-6-3-4-7-16(15)25-9-5-8-17(23)22-18-13(19)10-12(21)11-14(18)20/h3-4,6-7,10-11H,2,5,8-9H2,1H3,(H,22,23). The highest BCUT2D eigenvalue weighted by Gasteiger charge is 2.12. The molecule has 0 bridgehead atoms.